The van der Waals surface area contributed by atoms with Gasteiger partial charge in [-0.2, -0.15) is 13.2 Å². The Labute approximate surface area is 102 Å². The van der Waals surface area contributed by atoms with E-state index in [4.69, 9.17) is 0 Å². The summed E-state index contributed by atoms with van der Waals surface area (Å²) in [5.41, 5.74) is 0.0833. The van der Waals surface area contributed by atoms with Crippen LogP contribution in [0.15, 0.2) is 0 Å². The first-order valence-corrected chi connectivity index (χ1v) is 6.33. The van der Waals surface area contributed by atoms with E-state index in [0.29, 0.717) is 6.54 Å². The van der Waals surface area contributed by atoms with E-state index in [0.717, 1.165) is 38.8 Å². The van der Waals surface area contributed by atoms with Crippen molar-refractivity contribution in [1.82, 2.24) is 10.2 Å². The van der Waals surface area contributed by atoms with Crippen molar-refractivity contribution >= 4 is 0 Å². The number of rotatable bonds is 5. The quantitative estimate of drug-likeness (QED) is 0.809. The van der Waals surface area contributed by atoms with Crippen molar-refractivity contribution < 1.29 is 13.2 Å². The molecule has 0 atom stereocenters. The Balaban J connectivity index is 2.53. The van der Waals surface area contributed by atoms with Crippen LogP contribution >= 0.6 is 0 Å². The number of piperidine rings is 1. The van der Waals surface area contributed by atoms with E-state index in [9.17, 15) is 13.2 Å². The Morgan fingerprint density at radius 1 is 1.24 bits per heavy atom. The summed E-state index contributed by atoms with van der Waals surface area (Å²) >= 11 is 0. The Hall–Kier alpha value is -0.290. The van der Waals surface area contributed by atoms with Gasteiger partial charge >= 0.3 is 6.18 Å². The Bertz CT molecular complexity index is 217. The molecule has 0 spiro atoms. The number of hydrogen-bond acceptors (Lipinski definition) is 2. The smallest absolute Gasteiger partial charge is 0.317 e. The molecule has 5 heteroatoms. The zero-order chi connectivity index (χ0) is 12.9. The molecular weight excluding hydrogens is 229 g/mol. The van der Waals surface area contributed by atoms with E-state index < -0.39 is 12.7 Å². The second kappa shape index (κ2) is 6.05. The molecule has 0 radical (unpaired) electrons. The van der Waals surface area contributed by atoms with Crippen LogP contribution in [0.3, 0.4) is 0 Å². The van der Waals surface area contributed by atoms with Crippen LogP contribution in [0.4, 0.5) is 13.2 Å². The molecule has 1 N–H and O–H groups in total. The predicted molar refractivity (Wildman–Crippen MR) is 63.0 cm³/mol. The third-order valence-electron chi connectivity index (χ3n) is 3.50. The standard InChI is InChI=1S/C12H23F3N2/c1-3-4-11(5-7-16-8-6-11)9-17(2)10-12(13,14)15/h16H,3-10H2,1-2H3. The van der Waals surface area contributed by atoms with Gasteiger partial charge in [-0.15, -0.1) is 0 Å². The third-order valence-corrected chi connectivity index (χ3v) is 3.50. The van der Waals surface area contributed by atoms with Crippen LogP contribution in [0.25, 0.3) is 0 Å². The zero-order valence-corrected chi connectivity index (χ0v) is 10.7. The highest BCUT2D eigenvalue weighted by Gasteiger charge is 2.36. The minimum atomic E-state index is -4.09. The van der Waals surface area contributed by atoms with Gasteiger partial charge in [0, 0.05) is 6.54 Å². The van der Waals surface area contributed by atoms with E-state index in [1.807, 2.05) is 0 Å². The number of hydrogen-bond donors (Lipinski definition) is 1. The van der Waals surface area contributed by atoms with Gasteiger partial charge in [0.1, 0.15) is 0 Å². The first-order valence-electron chi connectivity index (χ1n) is 6.33. The van der Waals surface area contributed by atoms with Gasteiger partial charge < -0.3 is 5.32 Å². The van der Waals surface area contributed by atoms with Gasteiger partial charge in [-0.1, -0.05) is 13.3 Å². The third kappa shape index (κ3) is 5.25. The molecule has 0 bridgehead atoms. The molecule has 1 aliphatic heterocycles. The van der Waals surface area contributed by atoms with Crippen LogP contribution in [0.1, 0.15) is 32.6 Å². The lowest BCUT2D eigenvalue weighted by molar-refractivity contribution is -0.146. The monoisotopic (exact) mass is 252 g/mol. The molecule has 0 aromatic rings. The van der Waals surface area contributed by atoms with E-state index in [1.54, 1.807) is 7.05 Å². The van der Waals surface area contributed by atoms with Gasteiger partial charge in [-0.25, -0.2) is 0 Å². The molecule has 0 aromatic carbocycles. The van der Waals surface area contributed by atoms with Crippen LogP contribution in [0.5, 0.6) is 0 Å². The van der Waals surface area contributed by atoms with Crippen LogP contribution in [0.2, 0.25) is 0 Å². The molecule has 1 aliphatic rings. The van der Waals surface area contributed by atoms with Crippen molar-refractivity contribution in [2.24, 2.45) is 5.41 Å². The van der Waals surface area contributed by atoms with E-state index >= 15 is 0 Å². The summed E-state index contributed by atoms with van der Waals surface area (Å²) in [7, 11) is 1.58. The zero-order valence-electron chi connectivity index (χ0n) is 10.7. The minimum Gasteiger partial charge on any atom is -0.317 e. The highest BCUT2D eigenvalue weighted by Crippen LogP contribution is 2.35. The number of halogens is 3. The fourth-order valence-electron chi connectivity index (χ4n) is 2.91. The summed E-state index contributed by atoms with van der Waals surface area (Å²) in [5.74, 6) is 0. The van der Waals surface area contributed by atoms with E-state index in [1.165, 1.54) is 4.90 Å². The molecule has 0 aromatic heterocycles. The lowest BCUT2D eigenvalue weighted by Gasteiger charge is -2.40. The minimum absolute atomic E-state index is 0.0833. The first-order chi connectivity index (χ1) is 7.87. The topological polar surface area (TPSA) is 15.3 Å². The number of nitrogens with zero attached hydrogens (tertiary/aromatic N) is 1. The molecular formula is C12H23F3N2. The summed E-state index contributed by atoms with van der Waals surface area (Å²) < 4.78 is 37.0. The molecule has 0 unspecified atom stereocenters. The maximum Gasteiger partial charge on any atom is 0.401 e. The highest BCUT2D eigenvalue weighted by molar-refractivity contribution is 4.87. The van der Waals surface area contributed by atoms with Crippen LogP contribution in [0, 0.1) is 5.41 Å². The summed E-state index contributed by atoms with van der Waals surface area (Å²) in [6.07, 6.45) is -0.0438. The normalized spacial score (nSPS) is 20.8. The van der Waals surface area contributed by atoms with Crippen molar-refractivity contribution in [1.29, 1.82) is 0 Å². The van der Waals surface area contributed by atoms with Gasteiger partial charge in [-0.3, -0.25) is 4.90 Å². The second-order valence-corrected chi connectivity index (χ2v) is 5.29. The molecule has 0 aliphatic carbocycles. The Morgan fingerprint density at radius 2 is 1.82 bits per heavy atom. The first kappa shape index (κ1) is 14.8. The molecule has 0 amide bonds. The summed E-state index contributed by atoms with van der Waals surface area (Å²) in [5, 5.41) is 3.28. The lowest BCUT2D eigenvalue weighted by Crippen LogP contribution is -2.45. The van der Waals surface area contributed by atoms with Gasteiger partial charge in [0.2, 0.25) is 0 Å². The van der Waals surface area contributed by atoms with Crippen LogP contribution in [-0.2, 0) is 0 Å². The molecule has 0 saturated carbocycles. The maximum atomic E-state index is 12.3. The van der Waals surface area contributed by atoms with Crippen molar-refractivity contribution in [2.75, 3.05) is 33.2 Å². The SMILES string of the molecule is CCCC1(CN(C)CC(F)(F)F)CCNCC1. The fraction of sp³-hybridized carbons (Fsp3) is 1.00. The molecule has 102 valence electrons. The van der Waals surface area contributed by atoms with Crippen molar-refractivity contribution in [3.63, 3.8) is 0 Å². The average Bonchev–Trinajstić information content (AvgIpc) is 2.15. The lowest BCUT2D eigenvalue weighted by atomic mass is 9.75. The molecule has 1 fully saturated rings. The fourth-order valence-corrected chi connectivity index (χ4v) is 2.91. The van der Waals surface area contributed by atoms with Crippen molar-refractivity contribution in [3.05, 3.63) is 0 Å². The molecule has 1 heterocycles. The van der Waals surface area contributed by atoms with Gasteiger partial charge in [0.05, 0.1) is 6.54 Å². The van der Waals surface area contributed by atoms with Crippen molar-refractivity contribution in [3.8, 4) is 0 Å². The molecule has 1 saturated heterocycles. The molecule has 1 rings (SSSR count). The summed E-state index contributed by atoms with van der Waals surface area (Å²) in [6.45, 7) is 3.72. The van der Waals surface area contributed by atoms with Gasteiger partial charge in [0.15, 0.2) is 0 Å². The van der Waals surface area contributed by atoms with E-state index in [2.05, 4.69) is 12.2 Å². The predicted octanol–water partition coefficient (Wildman–Crippen LogP) is 2.65. The maximum absolute atomic E-state index is 12.3. The summed E-state index contributed by atoms with van der Waals surface area (Å²) in [6, 6.07) is 0. The highest BCUT2D eigenvalue weighted by atomic mass is 19.4. The summed E-state index contributed by atoms with van der Waals surface area (Å²) in [4.78, 5) is 1.43. The van der Waals surface area contributed by atoms with Crippen LogP contribution in [-0.4, -0.2) is 44.3 Å². The van der Waals surface area contributed by atoms with Crippen molar-refractivity contribution in [2.45, 2.75) is 38.8 Å². The Morgan fingerprint density at radius 3 is 2.29 bits per heavy atom. The largest absolute Gasteiger partial charge is 0.401 e. The van der Waals surface area contributed by atoms with Crippen LogP contribution < -0.4 is 5.32 Å². The number of nitrogens with one attached hydrogen (secondary N) is 1. The van der Waals surface area contributed by atoms with E-state index in [-0.39, 0.29) is 5.41 Å². The molecule has 17 heavy (non-hydrogen) atoms. The average molecular weight is 252 g/mol. The second-order valence-electron chi connectivity index (χ2n) is 5.29. The van der Waals surface area contributed by atoms with Gasteiger partial charge in [0.25, 0.3) is 0 Å². The Kier molecular flexibility index (Phi) is 5.25. The van der Waals surface area contributed by atoms with Gasteiger partial charge in [-0.05, 0) is 44.8 Å². The number of alkyl halides is 3. The molecule has 2 nitrogen and oxygen atoms in total.